The lowest BCUT2D eigenvalue weighted by molar-refractivity contribution is -0.142. The summed E-state index contributed by atoms with van der Waals surface area (Å²) in [7, 11) is -3.54. The molecule has 0 bridgehead atoms. The first-order chi connectivity index (χ1) is 8.31. The Morgan fingerprint density at radius 1 is 1.39 bits per heavy atom. The van der Waals surface area contributed by atoms with Crippen LogP contribution in [-0.2, 0) is 26.4 Å². The maximum Gasteiger partial charge on any atom is 0.322 e. The van der Waals surface area contributed by atoms with Crippen LogP contribution in [0.3, 0.4) is 0 Å². The van der Waals surface area contributed by atoms with Crippen LogP contribution in [0.15, 0.2) is 24.3 Å². The van der Waals surface area contributed by atoms with E-state index < -0.39 is 22.4 Å². The Kier molecular flexibility index (Phi) is 4.65. The predicted molar refractivity (Wildman–Crippen MR) is 60.5 cm³/mol. The number of hydrogen-bond donors (Lipinski definition) is 1. The third-order valence-corrected chi connectivity index (χ3v) is 2.48. The van der Waals surface area contributed by atoms with Gasteiger partial charge in [0, 0.05) is 0 Å². The van der Waals surface area contributed by atoms with Gasteiger partial charge in [0.2, 0.25) is 0 Å². The molecule has 0 radical (unpaired) electrons. The number of methoxy groups -OCH3 is 1. The first-order valence-corrected chi connectivity index (χ1v) is 6.23. The molecule has 7 nitrogen and oxygen atoms in total. The maximum absolute atomic E-state index is 11.1. The molecule has 1 aromatic carbocycles. The van der Waals surface area contributed by atoms with E-state index in [2.05, 4.69) is 8.92 Å². The molecule has 18 heavy (non-hydrogen) atoms. The minimum Gasteiger partial charge on any atom is -0.716 e. The summed E-state index contributed by atoms with van der Waals surface area (Å²) >= 11 is 0. The summed E-state index contributed by atoms with van der Waals surface area (Å²) in [5.41, 5.74) is 6.23. The smallest absolute Gasteiger partial charge is 0.322 e. The lowest BCUT2D eigenvalue weighted by Gasteiger charge is -2.11. The molecule has 1 atom stereocenters. The van der Waals surface area contributed by atoms with Gasteiger partial charge in [0.15, 0.2) is 0 Å². The zero-order chi connectivity index (χ0) is 13.8. The summed E-state index contributed by atoms with van der Waals surface area (Å²) in [5, 5.41) is 0. The molecule has 0 spiro atoms. The number of carbonyl (C=O) groups is 1. The largest absolute Gasteiger partial charge is 0.716 e. The van der Waals surface area contributed by atoms with Crippen molar-refractivity contribution < 1.29 is 26.7 Å². The van der Waals surface area contributed by atoms with Gasteiger partial charge >= 0.3 is 5.97 Å². The minimum atomic E-state index is -4.78. The molecule has 0 amide bonds. The number of esters is 1. The topological polar surface area (TPSA) is 119 Å². The Bertz CT molecular complexity index is 510. The zero-order valence-corrected chi connectivity index (χ0v) is 10.3. The first-order valence-electron chi connectivity index (χ1n) is 4.89. The highest BCUT2D eigenvalue weighted by atomic mass is 32.3. The van der Waals surface area contributed by atoms with E-state index in [0.717, 1.165) is 0 Å². The fourth-order valence-corrected chi connectivity index (χ4v) is 1.63. The van der Waals surface area contributed by atoms with Gasteiger partial charge in [-0.2, -0.15) is 0 Å². The molecular formula is C10H12NO6S-. The number of carbonyl (C=O) groups excluding carboxylic acids is 1. The normalized spacial score (nSPS) is 12.8. The van der Waals surface area contributed by atoms with Crippen molar-refractivity contribution >= 4 is 16.4 Å². The van der Waals surface area contributed by atoms with Gasteiger partial charge in [0.05, 0.1) is 7.11 Å². The molecule has 100 valence electrons. The Hall–Kier alpha value is -1.64. The van der Waals surface area contributed by atoms with Gasteiger partial charge in [-0.15, -0.1) is 0 Å². The summed E-state index contributed by atoms with van der Waals surface area (Å²) in [5.74, 6) is -0.641. The van der Waals surface area contributed by atoms with Gasteiger partial charge in [0.1, 0.15) is 11.8 Å². The van der Waals surface area contributed by atoms with Crippen LogP contribution in [0.4, 0.5) is 0 Å². The van der Waals surface area contributed by atoms with Crippen LogP contribution in [0.1, 0.15) is 5.56 Å². The second kappa shape index (κ2) is 5.80. The van der Waals surface area contributed by atoms with Crippen LogP contribution in [0, 0.1) is 0 Å². The molecule has 0 aliphatic carbocycles. The molecule has 1 aromatic rings. The quantitative estimate of drug-likeness (QED) is 0.439. The molecule has 0 saturated carbocycles. The van der Waals surface area contributed by atoms with Gasteiger partial charge < -0.3 is 19.2 Å². The van der Waals surface area contributed by atoms with E-state index in [1.807, 2.05) is 0 Å². The molecule has 0 heterocycles. The van der Waals surface area contributed by atoms with E-state index in [1.54, 1.807) is 0 Å². The van der Waals surface area contributed by atoms with Crippen molar-refractivity contribution in [3.05, 3.63) is 29.8 Å². The maximum atomic E-state index is 11.1. The van der Waals surface area contributed by atoms with Crippen LogP contribution in [0.25, 0.3) is 0 Å². The Morgan fingerprint density at radius 2 is 1.94 bits per heavy atom. The Morgan fingerprint density at radius 3 is 2.39 bits per heavy atom. The standard InChI is InChI=1S/C10H13NO6S/c1-16-10(12)9(11)6-7-2-4-8(5-3-7)17-18(13,14)15/h2-5,9H,6,11H2,1H3,(H,13,14,15)/p-1/t9-/m0/s1. The van der Waals surface area contributed by atoms with Crippen molar-refractivity contribution in [1.29, 1.82) is 0 Å². The SMILES string of the molecule is COC(=O)[C@@H](N)Cc1ccc(OS(=O)(=O)[O-])cc1. The monoisotopic (exact) mass is 274 g/mol. The van der Waals surface area contributed by atoms with E-state index in [4.69, 9.17) is 5.73 Å². The average Bonchev–Trinajstić information content (AvgIpc) is 2.28. The minimum absolute atomic E-state index is 0.0969. The molecule has 0 aliphatic heterocycles. The fraction of sp³-hybridized carbons (Fsp3) is 0.300. The summed E-state index contributed by atoms with van der Waals surface area (Å²) < 4.78 is 39.6. The second-order valence-corrected chi connectivity index (χ2v) is 4.45. The van der Waals surface area contributed by atoms with Gasteiger partial charge in [-0.1, -0.05) is 12.1 Å². The Labute approximate surface area is 104 Å². The molecule has 0 fully saturated rings. The van der Waals surface area contributed by atoms with Gasteiger partial charge in [-0.05, 0) is 24.1 Å². The van der Waals surface area contributed by atoms with Crippen LogP contribution < -0.4 is 9.92 Å². The lowest BCUT2D eigenvalue weighted by atomic mass is 10.1. The molecule has 1 rings (SSSR count). The fourth-order valence-electron chi connectivity index (χ4n) is 1.29. The number of hydrogen-bond acceptors (Lipinski definition) is 7. The summed E-state index contributed by atoms with van der Waals surface area (Å²) in [6.45, 7) is 0. The Balaban J connectivity index is 2.69. The van der Waals surface area contributed by atoms with Crippen molar-refractivity contribution in [1.82, 2.24) is 0 Å². The van der Waals surface area contributed by atoms with E-state index in [1.165, 1.54) is 31.4 Å². The summed E-state index contributed by atoms with van der Waals surface area (Å²) in [6.07, 6.45) is 0.233. The van der Waals surface area contributed by atoms with Crippen molar-refractivity contribution in [2.24, 2.45) is 5.73 Å². The van der Waals surface area contributed by atoms with Gasteiger partial charge in [0.25, 0.3) is 10.4 Å². The van der Waals surface area contributed by atoms with Crippen molar-refractivity contribution in [2.45, 2.75) is 12.5 Å². The number of benzene rings is 1. The van der Waals surface area contributed by atoms with E-state index >= 15 is 0 Å². The second-order valence-electron chi connectivity index (χ2n) is 3.47. The molecule has 8 heteroatoms. The molecule has 2 N–H and O–H groups in total. The van der Waals surface area contributed by atoms with Gasteiger partial charge in [-0.3, -0.25) is 4.79 Å². The molecule has 0 aromatic heterocycles. The molecular weight excluding hydrogens is 262 g/mol. The number of ether oxygens (including phenoxy) is 1. The van der Waals surface area contributed by atoms with Crippen LogP contribution in [-0.4, -0.2) is 32.1 Å². The highest BCUT2D eigenvalue weighted by Crippen LogP contribution is 2.14. The predicted octanol–water partition coefficient (Wildman–Crippen LogP) is -0.432. The third-order valence-electron chi connectivity index (χ3n) is 2.08. The first kappa shape index (κ1) is 14.4. The number of nitrogens with two attached hydrogens (primary N) is 1. The van der Waals surface area contributed by atoms with Crippen LogP contribution in [0.2, 0.25) is 0 Å². The third kappa shape index (κ3) is 4.70. The van der Waals surface area contributed by atoms with E-state index in [-0.39, 0.29) is 12.2 Å². The molecule has 0 unspecified atom stereocenters. The highest BCUT2D eigenvalue weighted by molar-refractivity contribution is 7.81. The highest BCUT2D eigenvalue weighted by Gasteiger charge is 2.14. The van der Waals surface area contributed by atoms with Crippen LogP contribution in [0.5, 0.6) is 5.75 Å². The van der Waals surface area contributed by atoms with E-state index in [0.29, 0.717) is 5.56 Å². The summed E-state index contributed by atoms with van der Waals surface area (Å²) in [4.78, 5) is 11.1. The van der Waals surface area contributed by atoms with Crippen molar-refractivity contribution in [3.8, 4) is 5.75 Å². The van der Waals surface area contributed by atoms with Crippen molar-refractivity contribution in [2.75, 3.05) is 7.11 Å². The van der Waals surface area contributed by atoms with E-state index in [9.17, 15) is 17.8 Å². The van der Waals surface area contributed by atoms with Crippen molar-refractivity contribution in [3.63, 3.8) is 0 Å². The number of rotatable bonds is 5. The summed E-state index contributed by atoms with van der Waals surface area (Å²) in [6, 6.07) is 4.81. The average molecular weight is 274 g/mol. The molecule has 0 aliphatic rings. The van der Waals surface area contributed by atoms with Gasteiger partial charge in [-0.25, -0.2) is 8.42 Å². The zero-order valence-electron chi connectivity index (χ0n) is 9.53. The van der Waals surface area contributed by atoms with Crippen LogP contribution >= 0.6 is 0 Å². The lowest BCUT2D eigenvalue weighted by Crippen LogP contribution is -2.33. The molecule has 0 saturated heterocycles.